The Bertz CT molecular complexity index is 288. The van der Waals surface area contributed by atoms with Gasteiger partial charge in [-0.15, -0.1) is 11.3 Å². The van der Waals surface area contributed by atoms with Crippen LogP contribution in [-0.4, -0.2) is 17.8 Å². The molecule has 1 rings (SSSR count). The van der Waals surface area contributed by atoms with Crippen LogP contribution in [0.3, 0.4) is 0 Å². The van der Waals surface area contributed by atoms with Crippen LogP contribution in [0, 0.1) is 5.92 Å². The molecule has 2 N–H and O–H groups in total. The second kappa shape index (κ2) is 6.63. The summed E-state index contributed by atoms with van der Waals surface area (Å²) in [5.41, 5.74) is 0. The lowest BCUT2D eigenvalue weighted by atomic mass is 10.1. The lowest BCUT2D eigenvalue weighted by Crippen LogP contribution is -2.22. The molecule has 2 atom stereocenters. The predicted molar refractivity (Wildman–Crippen MR) is 69.2 cm³/mol. The molecule has 0 spiro atoms. The van der Waals surface area contributed by atoms with Gasteiger partial charge in [-0.2, -0.15) is 0 Å². The van der Waals surface area contributed by atoms with Crippen LogP contribution < -0.4 is 5.32 Å². The average molecular weight is 292 g/mol. The lowest BCUT2D eigenvalue weighted by Gasteiger charge is -2.13. The van der Waals surface area contributed by atoms with Gasteiger partial charge in [-0.05, 0) is 53.2 Å². The van der Waals surface area contributed by atoms with Gasteiger partial charge in [-0.25, -0.2) is 0 Å². The predicted octanol–water partition coefficient (Wildman–Crippen LogP) is 3.01. The third-order valence-electron chi connectivity index (χ3n) is 2.21. The molecule has 0 aliphatic carbocycles. The molecule has 0 aliphatic rings. The van der Waals surface area contributed by atoms with Gasteiger partial charge in [0.15, 0.2) is 0 Å². The Labute approximate surface area is 104 Å². The van der Waals surface area contributed by atoms with Crippen molar-refractivity contribution < 1.29 is 5.11 Å². The van der Waals surface area contributed by atoms with Gasteiger partial charge < -0.3 is 10.4 Å². The number of nitrogens with one attached hydrogen (secondary N) is 1. The fourth-order valence-electron chi connectivity index (χ4n) is 1.55. The van der Waals surface area contributed by atoms with E-state index < -0.39 is 0 Å². The van der Waals surface area contributed by atoms with E-state index >= 15 is 0 Å². The third-order valence-corrected chi connectivity index (χ3v) is 4.14. The highest BCUT2D eigenvalue weighted by Gasteiger charge is 2.06. The molecule has 0 amide bonds. The maximum atomic E-state index is 9.22. The summed E-state index contributed by atoms with van der Waals surface area (Å²) in [5, 5.41) is 14.7. The topological polar surface area (TPSA) is 32.3 Å². The number of hydrogen-bond acceptors (Lipinski definition) is 3. The molecule has 0 bridgehead atoms. The van der Waals surface area contributed by atoms with Gasteiger partial charge in [-0.1, -0.05) is 6.92 Å². The highest BCUT2D eigenvalue weighted by molar-refractivity contribution is 9.10. The fraction of sp³-hybridized carbons (Fsp3) is 0.636. The van der Waals surface area contributed by atoms with Crippen LogP contribution in [-0.2, 0) is 6.54 Å². The first kappa shape index (κ1) is 13.2. The third kappa shape index (κ3) is 5.11. The number of halogens is 1. The molecule has 0 radical (unpaired) electrons. The molecule has 0 saturated carbocycles. The Morgan fingerprint density at radius 2 is 2.27 bits per heavy atom. The van der Waals surface area contributed by atoms with Crippen molar-refractivity contribution in [1.82, 2.24) is 5.32 Å². The summed E-state index contributed by atoms with van der Waals surface area (Å²) in [5.74, 6) is 0.517. The number of thiophene rings is 1. The van der Waals surface area contributed by atoms with Crippen molar-refractivity contribution in [3.05, 3.63) is 20.8 Å². The highest BCUT2D eigenvalue weighted by Crippen LogP contribution is 2.22. The van der Waals surface area contributed by atoms with Crippen LogP contribution in [0.4, 0.5) is 0 Å². The molecule has 1 heterocycles. The van der Waals surface area contributed by atoms with Crippen LogP contribution in [0.15, 0.2) is 15.9 Å². The first-order valence-corrected chi connectivity index (χ1v) is 6.87. The van der Waals surface area contributed by atoms with Gasteiger partial charge in [0.25, 0.3) is 0 Å². The van der Waals surface area contributed by atoms with E-state index in [4.69, 9.17) is 0 Å². The maximum Gasteiger partial charge on any atom is 0.0515 e. The number of aliphatic hydroxyl groups is 1. The average Bonchev–Trinajstić information content (AvgIpc) is 2.50. The van der Waals surface area contributed by atoms with E-state index in [0.29, 0.717) is 5.92 Å². The van der Waals surface area contributed by atoms with Crippen molar-refractivity contribution in [2.24, 2.45) is 5.92 Å². The zero-order chi connectivity index (χ0) is 11.3. The minimum atomic E-state index is -0.199. The Morgan fingerprint density at radius 3 is 2.80 bits per heavy atom. The van der Waals surface area contributed by atoms with Crippen LogP contribution in [0.2, 0.25) is 0 Å². The normalized spacial score (nSPS) is 15.2. The fourth-order valence-corrected chi connectivity index (χ4v) is 3.01. The highest BCUT2D eigenvalue weighted by atomic mass is 79.9. The summed E-state index contributed by atoms with van der Waals surface area (Å²) in [6, 6.07) is 2.07. The molecular formula is C11H18BrNOS. The van der Waals surface area contributed by atoms with Crippen molar-refractivity contribution in [2.45, 2.75) is 32.9 Å². The van der Waals surface area contributed by atoms with E-state index in [1.54, 1.807) is 11.3 Å². The summed E-state index contributed by atoms with van der Waals surface area (Å²) < 4.78 is 1.18. The van der Waals surface area contributed by atoms with Crippen LogP contribution in [0.1, 0.15) is 25.1 Å². The van der Waals surface area contributed by atoms with E-state index in [2.05, 4.69) is 39.6 Å². The van der Waals surface area contributed by atoms with Gasteiger partial charge >= 0.3 is 0 Å². The van der Waals surface area contributed by atoms with E-state index in [-0.39, 0.29) is 6.10 Å². The van der Waals surface area contributed by atoms with E-state index in [0.717, 1.165) is 19.5 Å². The summed E-state index contributed by atoms with van der Waals surface area (Å²) in [6.07, 6.45) is 0.661. The molecule has 1 aromatic rings. The van der Waals surface area contributed by atoms with Gasteiger partial charge in [-0.3, -0.25) is 0 Å². The van der Waals surface area contributed by atoms with Crippen molar-refractivity contribution in [3.63, 3.8) is 0 Å². The minimum absolute atomic E-state index is 0.199. The Hall–Kier alpha value is 0.1000. The smallest absolute Gasteiger partial charge is 0.0515 e. The molecular weight excluding hydrogens is 274 g/mol. The molecule has 0 aromatic carbocycles. The molecule has 0 fully saturated rings. The monoisotopic (exact) mass is 291 g/mol. The molecule has 15 heavy (non-hydrogen) atoms. The van der Waals surface area contributed by atoms with Crippen molar-refractivity contribution in [1.29, 1.82) is 0 Å². The molecule has 4 heteroatoms. The van der Waals surface area contributed by atoms with E-state index in [9.17, 15) is 5.11 Å². The number of hydrogen-bond donors (Lipinski definition) is 2. The Balaban J connectivity index is 2.19. The van der Waals surface area contributed by atoms with Gasteiger partial charge in [0.1, 0.15) is 0 Å². The maximum absolute atomic E-state index is 9.22. The van der Waals surface area contributed by atoms with Crippen LogP contribution >= 0.6 is 27.3 Å². The number of aliphatic hydroxyl groups excluding tert-OH is 1. The SMILES string of the molecule is C[C@@H](CNCc1sccc1Br)C[C@H](C)O. The Morgan fingerprint density at radius 1 is 1.53 bits per heavy atom. The van der Waals surface area contributed by atoms with Crippen molar-refractivity contribution in [3.8, 4) is 0 Å². The largest absolute Gasteiger partial charge is 0.393 e. The first-order valence-electron chi connectivity index (χ1n) is 5.20. The molecule has 2 nitrogen and oxygen atoms in total. The summed E-state index contributed by atoms with van der Waals surface area (Å²) in [6.45, 7) is 5.85. The zero-order valence-electron chi connectivity index (χ0n) is 9.16. The van der Waals surface area contributed by atoms with Gasteiger partial charge in [0.2, 0.25) is 0 Å². The quantitative estimate of drug-likeness (QED) is 0.845. The zero-order valence-corrected chi connectivity index (χ0v) is 11.6. The molecule has 0 unspecified atom stereocenters. The summed E-state index contributed by atoms with van der Waals surface area (Å²) >= 11 is 5.26. The molecule has 0 aliphatic heterocycles. The molecule has 1 aromatic heterocycles. The summed E-state index contributed by atoms with van der Waals surface area (Å²) in [4.78, 5) is 1.33. The molecule has 0 saturated heterocycles. The second-order valence-corrected chi connectivity index (χ2v) is 5.87. The number of rotatable bonds is 6. The lowest BCUT2D eigenvalue weighted by molar-refractivity contribution is 0.163. The van der Waals surface area contributed by atoms with Crippen molar-refractivity contribution in [2.75, 3.05) is 6.54 Å². The van der Waals surface area contributed by atoms with Crippen LogP contribution in [0.5, 0.6) is 0 Å². The first-order chi connectivity index (χ1) is 7.09. The van der Waals surface area contributed by atoms with E-state index in [1.165, 1.54) is 9.35 Å². The van der Waals surface area contributed by atoms with E-state index in [1.807, 2.05) is 6.92 Å². The van der Waals surface area contributed by atoms with Gasteiger partial charge in [0, 0.05) is 15.9 Å². The minimum Gasteiger partial charge on any atom is -0.393 e. The Kier molecular flexibility index (Phi) is 5.82. The standard InChI is InChI=1S/C11H18BrNOS/c1-8(5-9(2)14)6-13-7-11-10(12)3-4-15-11/h3-4,8-9,13-14H,5-7H2,1-2H3/t8-,9+/m1/s1. The van der Waals surface area contributed by atoms with Crippen molar-refractivity contribution >= 4 is 27.3 Å². The van der Waals surface area contributed by atoms with Gasteiger partial charge in [0.05, 0.1) is 6.10 Å². The molecule has 86 valence electrons. The summed E-state index contributed by atoms with van der Waals surface area (Å²) in [7, 11) is 0. The van der Waals surface area contributed by atoms with Crippen LogP contribution in [0.25, 0.3) is 0 Å². The second-order valence-electron chi connectivity index (χ2n) is 4.01.